The van der Waals surface area contributed by atoms with Crippen LogP contribution in [0.15, 0.2) is 59.7 Å². The molecule has 6 heteroatoms. The van der Waals surface area contributed by atoms with Gasteiger partial charge in [0.25, 0.3) is 5.91 Å². The summed E-state index contributed by atoms with van der Waals surface area (Å²) in [7, 11) is 1.77. The maximum absolute atomic E-state index is 13.7. The highest BCUT2D eigenvalue weighted by Crippen LogP contribution is 2.32. The van der Waals surface area contributed by atoms with Gasteiger partial charge in [-0.3, -0.25) is 14.8 Å². The van der Waals surface area contributed by atoms with Crippen LogP contribution in [-0.2, 0) is 13.1 Å². The zero-order valence-electron chi connectivity index (χ0n) is 16.9. The molecule has 0 saturated heterocycles. The predicted molar refractivity (Wildman–Crippen MR) is 114 cm³/mol. The molecule has 0 atom stereocenters. The molecule has 1 aromatic heterocycles. The van der Waals surface area contributed by atoms with E-state index in [1.165, 1.54) is 12.1 Å². The van der Waals surface area contributed by atoms with E-state index in [1.54, 1.807) is 48.6 Å². The zero-order chi connectivity index (χ0) is 21.1. The number of aliphatic imine (C=N–C) groups is 1. The molecule has 0 fully saturated rings. The number of nitrogens with zero attached hydrogens (tertiary/aromatic N) is 3. The average molecular weight is 403 g/mol. The van der Waals surface area contributed by atoms with Crippen molar-refractivity contribution in [1.29, 1.82) is 0 Å². The Bertz CT molecular complexity index is 1130. The molecule has 3 aromatic rings. The largest absolute Gasteiger partial charge is 0.493 e. The van der Waals surface area contributed by atoms with Crippen molar-refractivity contribution in [3.8, 4) is 16.9 Å². The minimum atomic E-state index is -0.316. The third kappa shape index (κ3) is 3.94. The minimum Gasteiger partial charge on any atom is -0.493 e. The lowest BCUT2D eigenvalue weighted by atomic mass is 10.0. The Morgan fingerprint density at radius 2 is 2.07 bits per heavy atom. The third-order valence-electron chi connectivity index (χ3n) is 5.07. The van der Waals surface area contributed by atoms with Gasteiger partial charge in [-0.25, -0.2) is 4.39 Å². The van der Waals surface area contributed by atoms with Crippen LogP contribution in [0.4, 0.5) is 4.39 Å². The summed E-state index contributed by atoms with van der Waals surface area (Å²) in [6, 6.07) is 13.5. The van der Waals surface area contributed by atoms with Crippen molar-refractivity contribution in [2.24, 2.45) is 4.99 Å². The number of halogens is 1. The first kappa shape index (κ1) is 19.8. The van der Waals surface area contributed by atoms with Gasteiger partial charge in [0.2, 0.25) is 0 Å². The van der Waals surface area contributed by atoms with E-state index in [1.807, 2.05) is 19.1 Å². The predicted octanol–water partition coefficient (Wildman–Crippen LogP) is 4.49. The first-order valence-corrected chi connectivity index (χ1v) is 9.81. The van der Waals surface area contributed by atoms with Gasteiger partial charge >= 0.3 is 0 Å². The van der Waals surface area contributed by atoms with Gasteiger partial charge < -0.3 is 9.64 Å². The zero-order valence-corrected chi connectivity index (χ0v) is 16.9. The standard InChI is InChI=1S/C24H22FN3O2/c1-3-30-23-12-17(7-8-20(23)16-5-4-6-19(25)11-16)24(29)28(2)15-18-9-10-27-22-14-26-13-21(18)22/h4-12,14H,3,13,15H2,1-2H3. The van der Waals surface area contributed by atoms with Gasteiger partial charge in [0.1, 0.15) is 11.6 Å². The summed E-state index contributed by atoms with van der Waals surface area (Å²) in [4.78, 5) is 23.3. The lowest BCUT2D eigenvalue weighted by Gasteiger charge is -2.20. The summed E-state index contributed by atoms with van der Waals surface area (Å²) in [5.74, 6) is 0.121. The number of fused-ring (bicyclic) bond motifs is 1. The number of ether oxygens (including phenoxy) is 1. The third-order valence-corrected chi connectivity index (χ3v) is 5.07. The number of carbonyl (C=O) groups excluding carboxylic acids is 1. The molecule has 0 N–H and O–H groups in total. The Labute approximate surface area is 174 Å². The van der Waals surface area contributed by atoms with Crippen molar-refractivity contribution < 1.29 is 13.9 Å². The molecule has 2 aromatic carbocycles. The number of hydrogen-bond acceptors (Lipinski definition) is 4. The van der Waals surface area contributed by atoms with Crippen molar-refractivity contribution in [2.45, 2.75) is 20.0 Å². The second-order valence-electron chi connectivity index (χ2n) is 7.12. The molecule has 1 aliphatic rings. The SMILES string of the molecule is CCOc1cc(C(=O)N(C)Cc2ccnc3c2CN=C3)ccc1-c1cccc(F)c1. The van der Waals surface area contributed by atoms with Crippen LogP contribution in [0.2, 0.25) is 0 Å². The monoisotopic (exact) mass is 403 g/mol. The molecule has 0 aliphatic carbocycles. The Morgan fingerprint density at radius 3 is 2.87 bits per heavy atom. The molecule has 152 valence electrons. The first-order chi connectivity index (χ1) is 14.6. The van der Waals surface area contributed by atoms with Crippen LogP contribution < -0.4 is 4.74 Å². The number of aromatic nitrogens is 1. The number of amides is 1. The second-order valence-corrected chi connectivity index (χ2v) is 7.12. The molecular weight excluding hydrogens is 381 g/mol. The maximum Gasteiger partial charge on any atom is 0.254 e. The van der Waals surface area contributed by atoms with Crippen LogP contribution in [0.3, 0.4) is 0 Å². The molecule has 0 radical (unpaired) electrons. The average Bonchev–Trinajstić information content (AvgIpc) is 3.23. The minimum absolute atomic E-state index is 0.119. The molecule has 1 aliphatic heterocycles. The fourth-order valence-electron chi connectivity index (χ4n) is 3.59. The van der Waals surface area contributed by atoms with Crippen molar-refractivity contribution in [1.82, 2.24) is 9.88 Å². The van der Waals surface area contributed by atoms with E-state index < -0.39 is 0 Å². The van der Waals surface area contributed by atoms with Gasteiger partial charge in [-0.1, -0.05) is 12.1 Å². The van der Waals surface area contributed by atoms with Crippen LogP contribution in [-0.4, -0.2) is 35.7 Å². The van der Waals surface area contributed by atoms with Gasteiger partial charge in [-0.2, -0.15) is 0 Å². The van der Waals surface area contributed by atoms with Crippen LogP contribution in [0.1, 0.15) is 34.1 Å². The van der Waals surface area contributed by atoms with Crippen LogP contribution >= 0.6 is 0 Å². The molecule has 4 rings (SSSR count). The Balaban J connectivity index is 1.59. The molecule has 1 amide bonds. The van der Waals surface area contributed by atoms with E-state index in [-0.39, 0.29) is 11.7 Å². The normalized spacial score (nSPS) is 12.0. The van der Waals surface area contributed by atoms with E-state index in [0.29, 0.717) is 36.6 Å². The molecule has 0 unspecified atom stereocenters. The summed E-state index contributed by atoms with van der Waals surface area (Å²) in [6.45, 7) is 3.38. The second kappa shape index (κ2) is 8.45. The summed E-state index contributed by atoms with van der Waals surface area (Å²) in [5, 5.41) is 0. The lowest BCUT2D eigenvalue weighted by Crippen LogP contribution is -2.26. The Kier molecular flexibility index (Phi) is 5.57. The molecule has 30 heavy (non-hydrogen) atoms. The van der Waals surface area contributed by atoms with E-state index in [4.69, 9.17) is 4.74 Å². The first-order valence-electron chi connectivity index (χ1n) is 9.81. The lowest BCUT2D eigenvalue weighted by molar-refractivity contribution is 0.0784. The van der Waals surface area contributed by atoms with Crippen molar-refractivity contribution >= 4 is 12.1 Å². The maximum atomic E-state index is 13.7. The van der Waals surface area contributed by atoms with E-state index in [9.17, 15) is 9.18 Å². The van der Waals surface area contributed by atoms with Crippen LogP contribution in [0.5, 0.6) is 5.75 Å². The molecule has 0 saturated carbocycles. The Hall–Kier alpha value is -3.54. The van der Waals surface area contributed by atoms with Gasteiger partial charge in [-0.15, -0.1) is 0 Å². The van der Waals surface area contributed by atoms with E-state index in [2.05, 4.69) is 9.98 Å². The highest BCUT2D eigenvalue weighted by molar-refractivity contribution is 5.95. The van der Waals surface area contributed by atoms with Crippen LogP contribution in [0.25, 0.3) is 11.1 Å². The summed E-state index contributed by atoms with van der Waals surface area (Å²) < 4.78 is 19.4. The summed E-state index contributed by atoms with van der Waals surface area (Å²) >= 11 is 0. The van der Waals surface area contributed by atoms with Gasteiger partial charge in [0, 0.05) is 42.7 Å². The molecule has 0 bridgehead atoms. The van der Waals surface area contributed by atoms with Gasteiger partial charge in [0.15, 0.2) is 0 Å². The fraction of sp³-hybridized carbons (Fsp3) is 0.208. The summed E-state index contributed by atoms with van der Waals surface area (Å²) in [6.07, 6.45) is 3.50. The topological polar surface area (TPSA) is 54.8 Å². The summed E-state index contributed by atoms with van der Waals surface area (Å²) in [5.41, 5.74) is 4.94. The number of hydrogen-bond donors (Lipinski definition) is 0. The van der Waals surface area contributed by atoms with Crippen molar-refractivity contribution in [3.63, 3.8) is 0 Å². The highest BCUT2D eigenvalue weighted by atomic mass is 19.1. The molecular formula is C24H22FN3O2. The number of carbonyl (C=O) groups is 1. The smallest absolute Gasteiger partial charge is 0.254 e. The number of rotatable bonds is 6. The van der Waals surface area contributed by atoms with Gasteiger partial charge in [-0.05, 0) is 54.4 Å². The highest BCUT2D eigenvalue weighted by Gasteiger charge is 2.19. The van der Waals surface area contributed by atoms with Crippen molar-refractivity contribution in [2.75, 3.05) is 13.7 Å². The quantitative estimate of drug-likeness (QED) is 0.609. The molecule has 2 heterocycles. The van der Waals surface area contributed by atoms with Crippen molar-refractivity contribution in [3.05, 3.63) is 82.9 Å². The fourth-order valence-corrected chi connectivity index (χ4v) is 3.59. The number of benzene rings is 2. The molecule has 0 spiro atoms. The van der Waals surface area contributed by atoms with Gasteiger partial charge in [0.05, 0.1) is 18.8 Å². The molecule has 5 nitrogen and oxygen atoms in total. The van der Waals surface area contributed by atoms with E-state index >= 15 is 0 Å². The van der Waals surface area contributed by atoms with Crippen LogP contribution in [0, 0.1) is 5.82 Å². The number of pyridine rings is 1. The Morgan fingerprint density at radius 1 is 1.20 bits per heavy atom. The van der Waals surface area contributed by atoms with E-state index in [0.717, 1.165) is 22.4 Å².